The standard InChI is InChI=1S/C50H34N2O2/c1-50(2)39-17-9-8-16-37(39)47-40(50)18-10-19-42(47)52(36-26-24-32(25-27-36)35-23-22-31-12-6-7-15-34(31)28-35)43-20-11-21-44-48(43)38-29-46-41(30-45(38)53-44)51-49(54-46)33-13-4-3-5-14-33/h3-30H,1-2H3. The van der Waals surface area contributed by atoms with Gasteiger partial charge in [0.1, 0.15) is 16.7 Å². The van der Waals surface area contributed by atoms with E-state index in [4.69, 9.17) is 13.8 Å². The van der Waals surface area contributed by atoms with Gasteiger partial charge in [0, 0.05) is 33.7 Å². The maximum atomic E-state index is 6.62. The molecule has 0 radical (unpaired) electrons. The molecule has 0 amide bonds. The van der Waals surface area contributed by atoms with Gasteiger partial charge in [-0.3, -0.25) is 0 Å². The predicted octanol–water partition coefficient (Wildman–Crippen LogP) is 14.0. The average Bonchev–Trinajstić information content (AvgIpc) is 3.87. The highest BCUT2D eigenvalue weighted by atomic mass is 16.4. The number of hydrogen-bond acceptors (Lipinski definition) is 4. The summed E-state index contributed by atoms with van der Waals surface area (Å²) in [4.78, 5) is 7.26. The third kappa shape index (κ3) is 4.60. The average molecular weight is 695 g/mol. The number of anilines is 3. The molecular formula is C50H34N2O2. The van der Waals surface area contributed by atoms with E-state index in [2.05, 4.69) is 152 Å². The first kappa shape index (κ1) is 30.7. The lowest BCUT2D eigenvalue weighted by Crippen LogP contribution is -2.16. The molecule has 1 aliphatic rings. The lowest BCUT2D eigenvalue weighted by atomic mass is 9.82. The summed E-state index contributed by atoms with van der Waals surface area (Å²) < 4.78 is 13.0. The minimum atomic E-state index is -0.143. The molecule has 1 aliphatic carbocycles. The van der Waals surface area contributed by atoms with Crippen molar-refractivity contribution >= 4 is 60.9 Å². The van der Waals surface area contributed by atoms with Crippen LogP contribution in [0.15, 0.2) is 179 Å². The monoisotopic (exact) mass is 694 g/mol. The Labute approximate surface area is 312 Å². The normalized spacial score (nSPS) is 13.1. The van der Waals surface area contributed by atoms with Crippen molar-refractivity contribution in [3.8, 4) is 33.7 Å². The molecule has 0 unspecified atom stereocenters. The van der Waals surface area contributed by atoms with Gasteiger partial charge in [0.25, 0.3) is 0 Å². The molecular weight excluding hydrogens is 661 g/mol. The Morgan fingerprint density at radius 2 is 1.22 bits per heavy atom. The van der Waals surface area contributed by atoms with Crippen LogP contribution in [0.5, 0.6) is 0 Å². The molecule has 4 heteroatoms. The summed E-state index contributed by atoms with van der Waals surface area (Å²) in [5.74, 6) is 0.594. The van der Waals surface area contributed by atoms with Crippen molar-refractivity contribution in [2.75, 3.05) is 4.90 Å². The summed E-state index contributed by atoms with van der Waals surface area (Å²) in [7, 11) is 0. The fourth-order valence-electron chi connectivity index (χ4n) is 8.62. The largest absolute Gasteiger partial charge is 0.456 e. The predicted molar refractivity (Wildman–Crippen MR) is 222 cm³/mol. The van der Waals surface area contributed by atoms with Crippen LogP contribution >= 0.6 is 0 Å². The van der Waals surface area contributed by atoms with Gasteiger partial charge in [-0.15, -0.1) is 0 Å². The quantitative estimate of drug-likeness (QED) is 0.180. The van der Waals surface area contributed by atoms with Crippen molar-refractivity contribution in [1.29, 1.82) is 0 Å². The number of fused-ring (bicyclic) bond motifs is 8. The first-order valence-corrected chi connectivity index (χ1v) is 18.5. The fourth-order valence-corrected chi connectivity index (χ4v) is 8.62. The molecule has 54 heavy (non-hydrogen) atoms. The summed E-state index contributed by atoms with van der Waals surface area (Å²) in [6, 6.07) is 60.3. The highest BCUT2D eigenvalue weighted by Crippen LogP contribution is 2.55. The van der Waals surface area contributed by atoms with Crippen LogP contribution in [0.2, 0.25) is 0 Å². The molecule has 2 heterocycles. The Kier molecular flexibility index (Phi) is 6.56. The molecule has 0 bridgehead atoms. The van der Waals surface area contributed by atoms with Crippen molar-refractivity contribution < 1.29 is 8.83 Å². The maximum absolute atomic E-state index is 6.62. The Balaban J connectivity index is 1.14. The van der Waals surface area contributed by atoms with Gasteiger partial charge in [0.15, 0.2) is 5.58 Å². The third-order valence-electron chi connectivity index (χ3n) is 11.3. The fraction of sp³-hybridized carbons (Fsp3) is 0.0600. The molecule has 0 saturated heterocycles. The van der Waals surface area contributed by atoms with Crippen molar-refractivity contribution in [3.63, 3.8) is 0 Å². The topological polar surface area (TPSA) is 42.4 Å². The van der Waals surface area contributed by atoms with Gasteiger partial charge in [0.2, 0.25) is 5.89 Å². The molecule has 256 valence electrons. The van der Waals surface area contributed by atoms with E-state index >= 15 is 0 Å². The van der Waals surface area contributed by atoms with Crippen LogP contribution in [0.1, 0.15) is 25.0 Å². The van der Waals surface area contributed by atoms with Gasteiger partial charge in [0.05, 0.1) is 16.8 Å². The lowest BCUT2D eigenvalue weighted by Gasteiger charge is -2.29. The van der Waals surface area contributed by atoms with E-state index in [0.717, 1.165) is 55.7 Å². The molecule has 0 N–H and O–H groups in total. The number of rotatable bonds is 5. The second kappa shape index (κ2) is 11.5. The lowest BCUT2D eigenvalue weighted by molar-refractivity contribution is 0.620. The van der Waals surface area contributed by atoms with Crippen LogP contribution in [0.3, 0.4) is 0 Å². The van der Waals surface area contributed by atoms with Crippen molar-refractivity contribution in [3.05, 3.63) is 181 Å². The van der Waals surface area contributed by atoms with E-state index in [1.165, 1.54) is 44.2 Å². The molecule has 0 atom stereocenters. The van der Waals surface area contributed by atoms with Crippen LogP contribution in [-0.4, -0.2) is 4.98 Å². The summed E-state index contributed by atoms with van der Waals surface area (Å²) in [6.45, 7) is 4.67. The van der Waals surface area contributed by atoms with Crippen LogP contribution in [0, 0.1) is 0 Å². The highest BCUT2D eigenvalue weighted by molar-refractivity contribution is 6.16. The van der Waals surface area contributed by atoms with Gasteiger partial charge < -0.3 is 13.7 Å². The SMILES string of the molecule is CC1(C)c2ccccc2-c2c(N(c3ccc(-c4ccc5ccccc5c4)cc3)c3cccc4oc5cc6nc(-c7ccccc7)oc6cc5c34)cccc21. The number of aromatic nitrogens is 1. The molecule has 2 aromatic heterocycles. The van der Waals surface area contributed by atoms with Gasteiger partial charge in [-0.25, -0.2) is 4.98 Å². The smallest absolute Gasteiger partial charge is 0.227 e. The Bertz CT molecular complexity index is 3080. The summed E-state index contributed by atoms with van der Waals surface area (Å²) in [5.41, 5.74) is 14.6. The number of furan rings is 1. The van der Waals surface area contributed by atoms with E-state index in [1.807, 2.05) is 36.4 Å². The number of oxazole rings is 1. The van der Waals surface area contributed by atoms with E-state index in [0.29, 0.717) is 5.89 Å². The molecule has 0 fully saturated rings. The Hall–Kier alpha value is -6.91. The summed E-state index contributed by atoms with van der Waals surface area (Å²) in [5, 5.41) is 4.48. The Morgan fingerprint density at radius 1 is 0.500 bits per heavy atom. The minimum absolute atomic E-state index is 0.143. The van der Waals surface area contributed by atoms with E-state index in [-0.39, 0.29) is 5.41 Å². The zero-order valence-corrected chi connectivity index (χ0v) is 29.9. The van der Waals surface area contributed by atoms with Crippen LogP contribution in [0.4, 0.5) is 17.1 Å². The van der Waals surface area contributed by atoms with Gasteiger partial charge in [-0.05, 0) is 93.2 Å². The minimum Gasteiger partial charge on any atom is -0.456 e. The molecule has 8 aromatic carbocycles. The molecule has 0 spiro atoms. The second-order valence-electron chi connectivity index (χ2n) is 14.8. The van der Waals surface area contributed by atoms with Crippen LogP contribution in [0.25, 0.3) is 77.5 Å². The van der Waals surface area contributed by atoms with Crippen molar-refractivity contribution in [2.24, 2.45) is 0 Å². The van der Waals surface area contributed by atoms with Gasteiger partial charge in [-0.2, -0.15) is 0 Å². The van der Waals surface area contributed by atoms with Crippen LogP contribution in [-0.2, 0) is 5.41 Å². The van der Waals surface area contributed by atoms with Crippen molar-refractivity contribution in [1.82, 2.24) is 4.98 Å². The van der Waals surface area contributed by atoms with Gasteiger partial charge in [-0.1, -0.05) is 123 Å². The highest BCUT2D eigenvalue weighted by Gasteiger charge is 2.38. The van der Waals surface area contributed by atoms with Crippen LogP contribution < -0.4 is 4.90 Å². The first-order chi connectivity index (χ1) is 26.5. The van der Waals surface area contributed by atoms with Gasteiger partial charge >= 0.3 is 0 Å². The molecule has 4 nitrogen and oxygen atoms in total. The summed E-state index contributed by atoms with van der Waals surface area (Å²) >= 11 is 0. The molecule has 10 aromatic rings. The zero-order valence-electron chi connectivity index (χ0n) is 29.9. The first-order valence-electron chi connectivity index (χ1n) is 18.5. The van der Waals surface area contributed by atoms with E-state index in [9.17, 15) is 0 Å². The Morgan fingerprint density at radius 3 is 2.09 bits per heavy atom. The summed E-state index contributed by atoms with van der Waals surface area (Å²) in [6.07, 6.45) is 0. The zero-order chi connectivity index (χ0) is 36.0. The molecule has 0 aliphatic heterocycles. The number of benzene rings is 8. The molecule has 11 rings (SSSR count). The number of hydrogen-bond donors (Lipinski definition) is 0. The number of nitrogens with zero attached hydrogens (tertiary/aromatic N) is 2. The second-order valence-corrected chi connectivity index (χ2v) is 14.8. The molecule has 0 saturated carbocycles. The van der Waals surface area contributed by atoms with E-state index in [1.54, 1.807) is 0 Å². The van der Waals surface area contributed by atoms with Crippen molar-refractivity contribution in [2.45, 2.75) is 19.3 Å². The van der Waals surface area contributed by atoms with E-state index < -0.39 is 0 Å². The third-order valence-corrected chi connectivity index (χ3v) is 11.3. The maximum Gasteiger partial charge on any atom is 0.227 e.